The van der Waals surface area contributed by atoms with E-state index in [2.05, 4.69) is 68.4 Å². The molecule has 0 aromatic heterocycles. The van der Waals surface area contributed by atoms with Gasteiger partial charge in [-0.15, -0.1) is 0 Å². The van der Waals surface area contributed by atoms with E-state index < -0.39 is 0 Å². The lowest BCUT2D eigenvalue weighted by Gasteiger charge is -2.20. The van der Waals surface area contributed by atoms with Crippen LogP contribution >= 0.6 is 31.9 Å². The fourth-order valence-electron chi connectivity index (χ4n) is 2.23. The Kier molecular flexibility index (Phi) is 6.40. The van der Waals surface area contributed by atoms with Gasteiger partial charge in [0.05, 0.1) is 0 Å². The molecule has 0 radical (unpaired) electrons. The second kappa shape index (κ2) is 8.06. The number of rotatable bonds is 6. The summed E-state index contributed by atoms with van der Waals surface area (Å²) >= 11 is 6.92. The summed E-state index contributed by atoms with van der Waals surface area (Å²) in [6.07, 6.45) is 1.90. The molecule has 0 amide bonds. The molecule has 0 bridgehead atoms. The monoisotopic (exact) mass is 413 g/mol. The average molecular weight is 415 g/mol. The van der Waals surface area contributed by atoms with Crippen molar-refractivity contribution in [3.63, 3.8) is 0 Å². The van der Waals surface area contributed by atoms with Crippen molar-refractivity contribution in [3.05, 3.63) is 68.4 Å². The molecule has 2 rings (SSSR count). The van der Waals surface area contributed by atoms with Gasteiger partial charge in [0.1, 0.15) is 5.82 Å². The summed E-state index contributed by atoms with van der Waals surface area (Å²) in [7, 11) is 0. The first kappa shape index (κ1) is 16.7. The fourth-order valence-corrected chi connectivity index (χ4v) is 3.01. The van der Waals surface area contributed by atoms with Crippen molar-refractivity contribution in [2.75, 3.05) is 6.54 Å². The zero-order chi connectivity index (χ0) is 15.2. The largest absolute Gasteiger partial charge is 0.310 e. The molecule has 21 heavy (non-hydrogen) atoms. The van der Waals surface area contributed by atoms with Crippen molar-refractivity contribution >= 4 is 31.9 Å². The van der Waals surface area contributed by atoms with E-state index in [0.29, 0.717) is 0 Å². The van der Waals surface area contributed by atoms with Crippen molar-refractivity contribution in [2.24, 2.45) is 0 Å². The van der Waals surface area contributed by atoms with Gasteiger partial charge in [-0.2, -0.15) is 0 Å². The van der Waals surface area contributed by atoms with Crippen LogP contribution in [-0.4, -0.2) is 6.54 Å². The highest BCUT2D eigenvalue weighted by atomic mass is 79.9. The Morgan fingerprint density at radius 3 is 2.43 bits per heavy atom. The molecule has 0 aliphatic carbocycles. The van der Waals surface area contributed by atoms with Gasteiger partial charge in [-0.05, 0) is 54.8 Å². The van der Waals surface area contributed by atoms with Crippen LogP contribution < -0.4 is 5.32 Å². The molecule has 0 aliphatic rings. The highest BCUT2D eigenvalue weighted by Crippen LogP contribution is 2.25. The van der Waals surface area contributed by atoms with E-state index in [0.717, 1.165) is 33.9 Å². The minimum atomic E-state index is -0.215. The Morgan fingerprint density at radius 1 is 1.10 bits per heavy atom. The van der Waals surface area contributed by atoms with Crippen LogP contribution in [0.2, 0.25) is 0 Å². The first-order valence-corrected chi connectivity index (χ1v) is 8.61. The Bertz CT molecular complexity index is 584. The summed E-state index contributed by atoms with van der Waals surface area (Å²) < 4.78 is 15.1. The lowest BCUT2D eigenvalue weighted by Crippen LogP contribution is -2.24. The molecule has 112 valence electrons. The molecule has 2 aromatic carbocycles. The number of benzene rings is 2. The normalized spacial score (nSPS) is 12.4. The molecule has 0 spiro atoms. The highest BCUT2D eigenvalue weighted by Gasteiger charge is 2.13. The van der Waals surface area contributed by atoms with Crippen LogP contribution in [-0.2, 0) is 6.42 Å². The van der Waals surface area contributed by atoms with E-state index >= 15 is 0 Å². The Hall–Kier alpha value is -0.710. The van der Waals surface area contributed by atoms with E-state index in [1.165, 1.54) is 17.7 Å². The van der Waals surface area contributed by atoms with Crippen LogP contribution in [0.4, 0.5) is 4.39 Å². The Balaban J connectivity index is 2.21. The predicted molar refractivity (Wildman–Crippen MR) is 93.0 cm³/mol. The van der Waals surface area contributed by atoms with E-state index in [1.807, 2.05) is 6.07 Å². The first-order valence-electron chi connectivity index (χ1n) is 7.03. The van der Waals surface area contributed by atoms with E-state index in [1.54, 1.807) is 0 Å². The Morgan fingerprint density at radius 2 is 1.81 bits per heavy atom. The molecule has 0 heterocycles. The SMILES string of the molecule is CCCNC(Cc1ccc(F)cc1Br)c1ccc(Br)cc1. The standard InChI is InChI=1S/C17H18Br2FN/c1-2-9-21-17(12-3-6-14(18)7-4-12)10-13-5-8-15(20)11-16(13)19/h3-8,11,17,21H,2,9-10H2,1H3. The summed E-state index contributed by atoms with van der Waals surface area (Å²) in [5, 5.41) is 3.57. The summed E-state index contributed by atoms with van der Waals surface area (Å²) in [6, 6.07) is 13.4. The topological polar surface area (TPSA) is 12.0 Å². The zero-order valence-electron chi connectivity index (χ0n) is 11.9. The van der Waals surface area contributed by atoms with Gasteiger partial charge in [-0.1, -0.05) is 57.0 Å². The van der Waals surface area contributed by atoms with Crippen molar-refractivity contribution in [1.29, 1.82) is 0 Å². The summed E-state index contributed by atoms with van der Waals surface area (Å²) in [5.41, 5.74) is 2.34. The molecule has 1 nitrogen and oxygen atoms in total. The lowest BCUT2D eigenvalue weighted by molar-refractivity contribution is 0.527. The fraction of sp³-hybridized carbons (Fsp3) is 0.294. The van der Waals surface area contributed by atoms with Crippen molar-refractivity contribution in [2.45, 2.75) is 25.8 Å². The van der Waals surface area contributed by atoms with Crippen LogP contribution in [0.3, 0.4) is 0 Å². The minimum Gasteiger partial charge on any atom is -0.310 e. The maximum atomic E-state index is 13.2. The van der Waals surface area contributed by atoms with Crippen LogP contribution in [0.15, 0.2) is 51.4 Å². The van der Waals surface area contributed by atoms with Crippen molar-refractivity contribution in [3.8, 4) is 0 Å². The number of hydrogen-bond donors (Lipinski definition) is 1. The molecule has 0 saturated heterocycles. The molecular formula is C17H18Br2FN. The molecule has 1 atom stereocenters. The molecule has 0 saturated carbocycles. The van der Waals surface area contributed by atoms with Gasteiger partial charge >= 0.3 is 0 Å². The van der Waals surface area contributed by atoms with Crippen molar-refractivity contribution in [1.82, 2.24) is 5.32 Å². The molecule has 2 aromatic rings. The van der Waals surface area contributed by atoms with E-state index in [4.69, 9.17) is 0 Å². The molecule has 4 heteroatoms. The summed E-state index contributed by atoms with van der Waals surface area (Å²) in [6.45, 7) is 3.11. The van der Waals surface area contributed by atoms with Gasteiger partial charge in [0, 0.05) is 15.0 Å². The van der Waals surface area contributed by atoms with Crippen LogP contribution in [0.1, 0.15) is 30.5 Å². The second-order valence-corrected chi connectivity index (χ2v) is 6.77. The average Bonchev–Trinajstić information content (AvgIpc) is 2.46. The van der Waals surface area contributed by atoms with Gasteiger partial charge in [0.25, 0.3) is 0 Å². The smallest absolute Gasteiger partial charge is 0.124 e. The lowest BCUT2D eigenvalue weighted by atomic mass is 9.98. The third-order valence-corrected chi connectivity index (χ3v) is 4.62. The summed E-state index contributed by atoms with van der Waals surface area (Å²) in [5.74, 6) is -0.215. The number of nitrogens with one attached hydrogen (secondary N) is 1. The van der Waals surface area contributed by atoms with Crippen LogP contribution in [0.5, 0.6) is 0 Å². The maximum absolute atomic E-state index is 13.2. The van der Waals surface area contributed by atoms with E-state index in [9.17, 15) is 4.39 Å². The van der Waals surface area contributed by atoms with Gasteiger partial charge in [-0.25, -0.2) is 4.39 Å². The Labute approximate surface area is 142 Å². The van der Waals surface area contributed by atoms with Gasteiger partial charge in [-0.3, -0.25) is 0 Å². The van der Waals surface area contributed by atoms with Gasteiger partial charge < -0.3 is 5.32 Å². The van der Waals surface area contributed by atoms with Crippen molar-refractivity contribution < 1.29 is 4.39 Å². The molecule has 1 N–H and O–H groups in total. The highest BCUT2D eigenvalue weighted by molar-refractivity contribution is 9.10. The molecule has 1 unspecified atom stereocenters. The minimum absolute atomic E-state index is 0.215. The third-order valence-electron chi connectivity index (χ3n) is 3.35. The first-order chi connectivity index (χ1) is 10.1. The molecule has 0 fully saturated rings. The second-order valence-electron chi connectivity index (χ2n) is 5.00. The number of hydrogen-bond acceptors (Lipinski definition) is 1. The van der Waals surface area contributed by atoms with Gasteiger partial charge in [0.15, 0.2) is 0 Å². The van der Waals surface area contributed by atoms with Crippen LogP contribution in [0, 0.1) is 5.82 Å². The van der Waals surface area contributed by atoms with Gasteiger partial charge in [0.2, 0.25) is 0 Å². The zero-order valence-corrected chi connectivity index (χ0v) is 15.0. The predicted octanol–water partition coefficient (Wildman–Crippen LogP) is 5.63. The third kappa shape index (κ3) is 4.90. The summed E-state index contributed by atoms with van der Waals surface area (Å²) in [4.78, 5) is 0. The molecule has 0 aliphatic heterocycles. The molecular weight excluding hydrogens is 397 g/mol. The van der Waals surface area contributed by atoms with E-state index in [-0.39, 0.29) is 11.9 Å². The quantitative estimate of drug-likeness (QED) is 0.645. The maximum Gasteiger partial charge on any atom is 0.124 e. The number of halogens is 3. The van der Waals surface area contributed by atoms with Crippen LogP contribution in [0.25, 0.3) is 0 Å².